The number of rotatable bonds is 4. The lowest BCUT2D eigenvalue weighted by atomic mass is 10.0. The van der Waals surface area contributed by atoms with Gasteiger partial charge in [-0.3, -0.25) is 0 Å². The third kappa shape index (κ3) is 4.10. The Kier molecular flexibility index (Phi) is 5.87. The van der Waals surface area contributed by atoms with Crippen LogP contribution in [0.5, 0.6) is 0 Å². The van der Waals surface area contributed by atoms with Gasteiger partial charge in [0.2, 0.25) is 10.0 Å². The molecule has 0 radical (unpaired) electrons. The first-order valence-corrected chi connectivity index (χ1v) is 13.4. The van der Waals surface area contributed by atoms with Crippen LogP contribution in [-0.4, -0.2) is 52.1 Å². The third-order valence-corrected chi connectivity index (χ3v) is 9.56. The molecule has 7 nitrogen and oxygen atoms in total. The van der Waals surface area contributed by atoms with E-state index in [0.29, 0.717) is 52.4 Å². The van der Waals surface area contributed by atoms with E-state index in [2.05, 4.69) is 9.88 Å². The number of primary sulfonamides is 1. The Balaban J connectivity index is 1.93. The number of sulfone groups is 1. The number of nitrogens with one attached hydrogen (secondary N) is 1. The number of likely N-dealkylation sites (tertiary alicyclic amines) is 1. The van der Waals surface area contributed by atoms with Crippen molar-refractivity contribution in [2.24, 2.45) is 5.14 Å². The SMILES string of the molecule is CN1CCC(S(=O)(=O)c2ccc(S(N)(=O)=O)c(-c3ccc(Cl)c4c(Cl)c[nH]c34)c2)CC1. The number of fused-ring (bicyclic) bond motifs is 1. The molecule has 11 heteroatoms. The zero-order valence-electron chi connectivity index (χ0n) is 16.6. The second-order valence-corrected chi connectivity index (χ2v) is 12.3. The third-order valence-electron chi connectivity index (χ3n) is 5.72. The highest BCUT2D eigenvalue weighted by Gasteiger charge is 2.32. The lowest BCUT2D eigenvalue weighted by Gasteiger charge is -2.28. The van der Waals surface area contributed by atoms with E-state index in [1.54, 1.807) is 12.1 Å². The van der Waals surface area contributed by atoms with E-state index in [1.807, 2.05) is 7.05 Å². The zero-order valence-corrected chi connectivity index (χ0v) is 19.7. The minimum atomic E-state index is -4.13. The molecule has 0 unspecified atom stereocenters. The summed E-state index contributed by atoms with van der Waals surface area (Å²) < 4.78 is 51.2. The largest absolute Gasteiger partial charge is 0.359 e. The summed E-state index contributed by atoms with van der Waals surface area (Å²) in [5, 5.41) is 6.19. The van der Waals surface area contributed by atoms with Crippen LogP contribution in [0, 0.1) is 0 Å². The van der Waals surface area contributed by atoms with Crippen molar-refractivity contribution in [3.63, 3.8) is 0 Å². The van der Waals surface area contributed by atoms with Crippen molar-refractivity contribution in [3.8, 4) is 11.1 Å². The number of nitrogens with zero attached hydrogens (tertiary/aromatic N) is 1. The van der Waals surface area contributed by atoms with Crippen LogP contribution in [0.1, 0.15) is 12.8 Å². The van der Waals surface area contributed by atoms with Crippen LogP contribution in [-0.2, 0) is 19.9 Å². The summed E-state index contributed by atoms with van der Waals surface area (Å²) in [6, 6.07) is 7.14. The topological polar surface area (TPSA) is 113 Å². The van der Waals surface area contributed by atoms with Gasteiger partial charge in [-0.05, 0) is 57.2 Å². The van der Waals surface area contributed by atoms with Gasteiger partial charge >= 0.3 is 0 Å². The molecule has 0 amide bonds. The summed E-state index contributed by atoms with van der Waals surface area (Å²) in [7, 11) is -5.83. The molecule has 1 aliphatic rings. The van der Waals surface area contributed by atoms with Crippen LogP contribution in [0.15, 0.2) is 46.3 Å². The Labute approximate surface area is 191 Å². The zero-order chi connectivity index (χ0) is 22.6. The van der Waals surface area contributed by atoms with E-state index in [1.165, 1.54) is 24.4 Å². The highest BCUT2D eigenvalue weighted by molar-refractivity contribution is 7.92. The number of benzene rings is 2. The number of halogens is 2. The minimum Gasteiger partial charge on any atom is -0.359 e. The number of sulfonamides is 1. The number of piperidine rings is 1. The van der Waals surface area contributed by atoms with Crippen molar-refractivity contribution in [2.45, 2.75) is 27.9 Å². The average Bonchev–Trinajstić information content (AvgIpc) is 3.10. The minimum absolute atomic E-state index is 0.0604. The fourth-order valence-corrected chi connectivity index (χ4v) is 7.07. The molecule has 0 saturated carbocycles. The van der Waals surface area contributed by atoms with Gasteiger partial charge in [0.25, 0.3) is 0 Å². The summed E-state index contributed by atoms with van der Waals surface area (Å²) in [6.45, 7) is 1.37. The number of hydrogen-bond donors (Lipinski definition) is 2. The van der Waals surface area contributed by atoms with Gasteiger partial charge in [0.15, 0.2) is 9.84 Å². The van der Waals surface area contributed by atoms with Gasteiger partial charge in [0, 0.05) is 22.7 Å². The summed E-state index contributed by atoms with van der Waals surface area (Å²) >= 11 is 12.5. The van der Waals surface area contributed by atoms with Gasteiger partial charge in [-0.15, -0.1) is 0 Å². The van der Waals surface area contributed by atoms with E-state index in [-0.39, 0.29) is 15.4 Å². The van der Waals surface area contributed by atoms with Gasteiger partial charge in [-0.2, -0.15) is 0 Å². The summed E-state index contributed by atoms with van der Waals surface area (Å²) in [5.41, 5.74) is 1.11. The van der Waals surface area contributed by atoms with Crippen LogP contribution in [0.25, 0.3) is 22.0 Å². The first-order chi connectivity index (χ1) is 14.5. The number of aromatic amines is 1. The van der Waals surface area contributed by atoms with Crippen molar-refractivity contribution in [1.82, 2.24) is 9.88 Å². The monoisotopic (exact) mass is 501 g/mol. The molecule has 4 rings (SSSR count). The number of hydrogen-bond acceptors (Lipinski definition) is 5. The molecule has 0 spiro atoms. The van der Waals surface area contributed by atoms with E-state index in [0.717, 1.165) is 0 Å². The molecule has 2 aromatic carbocycles. The second kappa shape index (κ2) is 8.06. The number of nitrogens with two attached hydrogens (primary N) is 1. The predicted octanol–water partition coefficient (Wildman–Crippen LogP) is 3.66. The van der Waals surface area contributed by atoms with E-state index < -0.39 is 25.1 Å². The Morgan fingerprint density at radius 3 is 2.32 bits per heavy atom. The average molecular weight is 502 g/mol. The molecule has 0 aliphatic carbocycles. The fraction of sp³-hybridized carbons (Fsp3) is 0.300. The molecule has 3 N–H and O–H groups in total. The first-order valence-electron chi connectivity index (χ1n) is 9.55. The van der Waals surface area contributed by atoms with Gasteiger partial charge < -0.3 is 9.88 Å². The van der Waals surface area contributed by atoms with Crippen molar-refractivity contribution in [1.29, 1.82) is 0 Å². The Morgan fingerprint density at radius 1 is 1.00 bits per heavy atom. The smallest absolute Gasteiger partial charge is 0.238 e. The van der Waals surface area contributed by atoms with Crippen LogP contribution in [0.3, 0.4) is 0 Å². The van der Waals surface area contributed by atoms with Crippen LogP contribution in [0.4, 0.5) is 0 Å². The Hall–Kier alpha value is -1.62. The molecule has 1 aliphatic heterocycles. The fourth-order valence-electron chi connectivity index (χ4n) is 4.03. The van der Waals surface area contributed by atoms with Gasteiger partial charge in [-0.25, -0.2) is 22.0 Å². The molecule has 0 atom stereocenters. The standard InChI is InChI=1S/C20H21Cl2N3O4S2/c1-25-8-6-12(7-9-25)30(26,27)13-2-5-18(31(23,28)29)15(10-13)14-3-4-16(21)19-17(22)11-24-20(14)19/h2-5,10-12,24H,6-9H2,1H3,(H2,23,28,29). The Morgan fingerprint density at radius 2 is 1.68 bits per heavy atom. The summed E-state index contributed by atoms with van der Waals surface area (Å²) in [6.07, 6.45) is 2.57. The molecule has 3 aromatic rings. The van der Waals surface area contributed by atoms with Crippen molar-refractivity contribution < 1.29 is 16.8 Å². The number of aromatic nitrogens is 1. The van der Waals surface area contributed by atoms with Gasteiger partial charge in [0.1, 0.15) is 0 Å². The van der Waals surface area contributed by atoms with Crippen molar-refractivity contribution in [2.75, 3.05) is 20.1 Å². The normalized spacial score (nSPS) is 16.8. The van der Waals surface area contributed by atoms with Gasteiger partial charge in [-0.1, -0.05) is 29.3 Å². The van der Waals surface area contributed by atoms with Crippen molar-refractivity contribution in [3.05, 3.63) is 46.6 Å². The van der Waals surface area contributed by atoms with Crippen molar-refractivity contribution >= 4 is 54.0 Å². The highest BCUT2D eigenvalue weighted by Crippen LogP contribution is 2.40. The molecule has 0 bridgehead atoms. The number of H-pyrrole nitrogens is 1. The molecular formula is C20H21Cl2N3O4S2. The highest BCUT2D eigenvalue weighted by atomic mass is 35.5. The predicted molar refractivity (Wildman–Crippen MR) is 123 cm³/mol. The van der Waals surface area contributed by atoms with Gasteiger partial charge in [0.05, 0.1) is 30.6 Å². The summed E-state index contributed by atoms with van der Waals surface area (Å²) in [4.78, 5) is 4.96. The van der Waals surface area contributed by atoms with E-state index in [4.69, 9.17) is 28.3 Å². The maximum atomic E-state index is 13.3. The second-order valence-electron chi connectivity index (χ2n) is 7.73. The molecule has 31 heavy (non-hydrogen) atoms. The molecule has 1 fully saturated rings. The molecule has 166 valence electrons. The van der Waals surface area contributed by atoms with E-state index >= 15 is 0 Å². The molecular weight excluding hydrogens is 481 g/mol. The molecule has 2 heterocycles. The quantitative estimate of drug-likeness (QED) is 0.566. The lowest BCUT2D eigenvalue weighted by Crippen LogP contribution is -2.37. The maximum Gasteiger partial charge on any atom is 0.238 e. The Bertz CT molecular complexity index is 1380. The van der Waals surface area contributed by atoms with Crippen LogP contribution >= 0.6 is 23.2 Å². The summed E-state index contributed by atoms with van der Waals surface area (Å²) in [5.74, 6) is 0. The molecule has 1 saturated heterocycles. The lowest BCUT2D eigenvalue weighted by molar-refractivity contribution is 0.277. The maximum absolute atomic E-state index is 13.3. The molecule has 1 aromatic heterocycles. The van der Waals surface area contributed by atoms with E-state index in [9.17, 15) is 16.8 Å². The van der Waals surface area contributed by atoms with Crippen LogP contribution in [0.2, 0.25) is 10.0 Å². The first kappa shape index (κ1) is 22.6. The van der Waals surface area contributed by atoms with Crippen LogP contribution < -0.4 is 5.14 Å².